The molecule has 0 aromatic heterocycles. The van der Waals surface area contributed by atoms with Gasteiger partial charge in [0.25, 0.3) is 0 Å². The first kappa shape index (κ1) is 7.54. The van der Waals surface area contributed by atoms with Gasteiger partial charge in [0.15, 0.2) is 0 Å². The lowest BCUT2D eigenvalue weighted by atomic mass is 10.1. The van der Waals surface area contributed by atoms with Crippen LogP contribution >= 0.6 is 0 Å². The SMILES string of the molecule is CCN1CC(O)C(C)C1=O. The van der Waals surface area contributed by atoms with Crippen LogP contribution in [0.3, 0.4) is 0 Å². The summed E-state index contributed by atoms with van der Waals surface area (Å²) in [6, 6.07) is 0. The molecule has 0 aromatic carbocycles. The van der Waals surface area contributed by atoms with Crippen LogP contribution in [0.2, 0.25) is 0 Å². The molecule has 58 valence electrons. The molecule has 0 aliphatic carbocycles. The number of nitrogens with zero attached hydrogens (tertiary/aromatic N) is 1. The summed E-state index contributed by atoms with van der Waals surface area (Å²) in [6.45, 7) is 4.90. The van der Waals surface area contributed by atoms with E-state index in [0.29, 0.717) is 13.1 Å². The Bertz CT molecular complexity index is 147. The molecule has 0 aromatic rings. The molecule has 0 bridgehead atoms. The summed E-state index contributed by atoms with van der Waals surface area (Å²) in [6.07, 6.45) is -0.451. The minimum absolute atomic E-state index is 0.0787. The van der Waals surface area contributed by atoms with Crippen LogP contribution in [0.5, 0.6) is 0 Å². The molecule has 2 unspecified atom stereocenters. The minimum Gasteiger partial charge on any atom is -0.390 e. The molecule has 1 saturated heterocycles. The maximum atomic E-state index is 11.1. The monoisotopic (exact) mass is 143 g/mol. The number of β-amino-alcohol motifs (C(OH)–C–C–N with tert-alkyl or cyclic N) is 1. The Morgan fingerprint density at radius 1 is 1.80 bits per heavy atom. The average molecular weight is 143 g/mol. The highest BCUT2D eigenvalue weighted by atomic mass is 16.3. The molecule has 0 radical (unpaired) electrons. The second-order valence-electron chi connectivity index (χ2n) is 2.73. The lowest BCUT2D eigenvalue weighted by molar-refractivity contribution is -0.130. The summed E-state index contributed by atoms with van der Waals surface area (Å²) in [4.78, 5) is 12.8. The van der Waals surface area contributed by atoms with Crippen molar-refractivity contribution in [3.63, 3.8) is 0 Å². The number of aliphatic hydroxyl groups excluding tert-OH is 1. The van der Waals surface area contributed by atoms with Gasteiger partial charge in [-0.05, 0) is 6.92 Å². The van der Waals surface area contributed by atoms with Crippen molar-refractivity contribution in [3.8, 4) is 0 Å². The van der Waals surface area contributed by atoms with Gasteiger partial charge in [0, 0.05) is 13.1 Å². The van der Waals surface area contributed by atoms with Crippen LogP contribution in [-0.2, 0) is 4.79 Å². The van der Waals surface area contributed by atoms with Crippen molar-refractivity contribution < 1.29 is 9.90 Å². The quantitative estimate of drug-likeness (QED) is 0.554. The molecule has 2 atom stereocenters. The Morgan fingerprint density at radius 2 is 2.40 bits per heavy atom. The third-order valence-electron chi connectivity index (χ3n) is 2.07. The van der Waals surface area contributed by atoms with Gasteiger partial charge < -0.3 is 10.0 Å². The van der Waals surface area contributed by atoms with Crippen molar-refractivity contribution in [1.29, 1.82) is 0 Å². The van der Waals surface area contributed by atoms with Crippen molar-refractivity contribution in [2.45, 2.75) is 20.0 Å². The second-order valence-corrected chi connectivity index (χ2v) is 2.73. The van der Waals surface area contributed by atoms with Gasteiger partial charge in [0.2, 0.25) is 5.91 Å². The summed E-state index contributed by atoms with van der Waals surface area (Å²) >= 11 is 0. The fourth-order valence-corrected chi connectivity index (χ4v) is 1.21. The summed E-state index contributed by atoms with van der Waals surface area (Å²) in [7, 11) is 0. The van der Waals surface area contributed by atoms with Gasteiger partial charge in [-0.1, -0.05) is 6.92 Å². The third-order valence-corrected chi connectivity index (χ3v) is 2.07. The Kier molecular flexibility index (Phi) is 1.94. The highest BCUT2D eigenvalue weighted by molar-refractivity contribution is 5.81. The van der Waals surface area contributed by atoms with Crippen LogP contribution in [0.15, 0.2) is 0 Å². The van der Waals surface area contributed by atoms with Crippen molar-refractivity contribution in [3.05, 3.63) is 0 Å². The molecule has 0 saturated carbocycles. The van der Waals surface area contributed by atoms with Crippen LogP contribution in [0.25, 0.3) is 0 Å². The predicted molar refractivity (Wildman–Crippen MR) is 37.4 cm³/mol. The summed E-state index contributed by atoms with van der Waals surface area (Å²) < 4.78 is 0. The fraction of sp³-hybridized carbons (Fsp3) is 0.857. The molecule has 1 fully saturated rings. The lowest BCUT2D eigenvalue weighted by Gasteiger charge is -2.11. The largest absolute Gasteiger partial charge is 0.390 e. The molecule has 1 aliphatic rings. The van der Waals surface area contributed by atoms with Crippen molar-refractivity contribution in [2.24, 2.45) is 5.92 Å². The molecule has 1 heterocycles. The molecule has 3 heteroatoms. The zero-order valence-corrected chi connectivity index (χ0v) is 6.37. The van der Waals surface area contributed by atoms with E-state index in [9.17, 15) is 9.90 Å². The number of rotatable bonds is 1. The Labute approximate surface area is 60.6 Å². The van der Waals surface area contributed by atoms with E-state index in [4.69, 9.17) is 0 Å². The number of likely N-dealkylation sites (N-methyl/N-ethyl adjacent to an activating group) is 1. The van der Waals surface area contributed by atoms with E-state index in [-0.39, 0.29) is 11.8 Å². The molecule has 1 rings (SSSR count). The molecule has 0 spiro atoms. The van der Waals surface area contributed by atoms with E-state index in [0.717, 1.165) is 0 Å². The number of aliphatic hydroxyl groups is 1. The molecule has 10 heavy (non-hydrogen) atoms. The molecule has 3 nitrogen and oxygen atoms in total. The highest BCUT2D eigenvalue weighted by Gasteiger charge is 2.34. The predicted octanol–water partition coefficient (Wildman–Crippen LogP) is -0.155. The fourth-order valence-electron chi connectivity index (χ4n) is 1.21. The first-order valence-corrected chi connectivity index (χ1v) is 3.63. The van der Waals surface area contributed by atoms with Crippen LogP contribution in [0.1, 0.15) is 13.8 Å². The summed E-state index contributed by atoms with van der Waals surface area (Å²) in [5, 5.41) is 9.21. The number of carbonyl (C=O) groups excluding carboxylic acids is 1. The van der Waals surface area contributed by atoms with Gasteiger partial charge in [-0.2, -0.15) is 0 Å². The standard InChI is InChI=1S/C7H13NO2/c1-3-8-4-6(9)5(2)7(8)10/h5-6,9H,3-4H2,1-2H3. The maximum Gasteiger partial charge on any atom is 0.228 e. The van der Waals surface area contributed by atoms with Crippen molar-refractivity contribution >= 4 is 5.91 Å². The normalized spacial score (nSPS) is 33.5. The molecule has 1 N–H and O–H groups in total. The second kappa shape index (κ2) is 2.58. The van der Waals surface area contributed by atoms with Gasteiger partial charge in [-0.3, -0.25) is 4.79 Å². The van der Waals surface area contributed by atoms with E-state index < -0.39 is 6.10 Å². The van der Waals surface area contributed by atoms with Crippen LogP contribution in [-0.4, -0.2) is 35.1 Å². The van der Waals surface area contributed by atoms with E-state index in [2.05, 4.69) is 0 Å². The van der Waals surface area contributed by atoms with Gasteiger partial charge >= 0.3 is 0 Å². The zero-order valence-electron chi connectivity index (χ0n) is 6.37. The van der Waals surface area contributed by atoms with Crippen LogP contribution in [0.4, 0.5) is 0 Å². The smallest absolute Gasteiger partial charge is 0.228 e. The van der Waals surface area contributed by atoms with Crippen LogP contribution < -0.4 is 0 Å². The number of carbonyl (C=O) groups is 1. The summed E-state index contributed by atoms with van der Waals surface area (Å²) in [5.41, 5.74) is 0. The number of hydrogen-bond donors (Lipinski definition) is 1. The number of likely N-dealkylation sites (tertiary alicyclic amines) is 1. The van der Waals surface area contributed by atoms with Crippen molar-refractivity contribution in [2.75, 3.05) is 13.1 Å². The van der Waals surface area contributed by atoms with Crippen LogP contribution in [0, 0.1) is 5.92 Å². The van der Waals surface area contributed by atoms with Gasteiger partial charge in [-0.15, -0.1) is 0 Å². The van der Waals surface area contributed by atoms with Gasteiger partial charge in [-0.25, -0.2) is 0 Å². The van der Waals surface area contributed by atoms with E-state index in [1.54, 1.807) is 11.8 Å². The Hall–Kier alpha value is -0.570. The molecule has 1 aliphatic heterocycles. The number of amides is 1. The third kappa shape index (κ3) is 1.01. The Morgan fingerprint density at radius 3 is 2.60 bits per heavy atom. The lowest BCUT2D eigenvalue weighted by Crippen LogP contribution is -2.26. The maximum absolute atomic E-state index is 11.1. The van der Waals surface area contributed by atoms with Crippen molar-refractivity contribution in [1.82, 2.24) is 4.90 Å². The van der Waals surface area contributed by atoms with Gasteiger partial charge in [0.1, 0.15) is 0 Å². The first-order chi connectivity index (χ1) is 4.66. The Balaban J connectivity index is 2.62. The highest BCUT2D eigenvalue weighted by Crippen LogP contribution is 2.16. The minimum atomic E-state index is -0.451. The topological polar surface area (TPSA) is 40.5 Å². The van der Waals surface area contributed by atoms with Gasteiger partial charge in [0.05, 0.1) is 12.0 Å². The number of hydrogen-bond acceptors (Lipinski definition) is 2. The van der Waals surface area contributed by atoms with E-state index >= 15 is 0 Å². The molecular weight excluding hydrogens is 130 g/mol. The first-order valence-electron chi connectivity index (χ1n) is 3.63. The zero-order chi connectivity index (χ0) is 7.72. The average Bonchev–Trinajstić information content (AvgIpc) is 2.17. The summed E-state index contributed by atoms with van der Waals surface area (Å²) in [5.74, 6) is -0.116. The van der Waals surface area contributed by atoms with E-state index in [1.807, 2.05) is 6.92 Å². The van der Waals surface area contributed by atoms with E-state index in [1.165, 1.54) is 0 Å². The molecule has 1 amide bonds. The molecular formula is C7H13NO2.